The summed E-state index contributed by atoms with van der Waals surface area (Å²) in [7, 11) is -5.33. The average molecular weight is 358 g/mol. The van der Waals surface area contributed by atoms with Gasteiger partial charge in [-0.25, -0.2) is 0 Å². The number of alkyl halides is 5. The summed E-state index contributed by atoms with van der Waals surface area (Å²) in [6.45, 7) is 0. The summed E-state index contributed by atoms with van der Waals surface area (Å²) in [5, 5.41) is 0. The molecule has 0 saturated heterocycles. The van der Waals surface area contributed by atoms with E-state index in [1.165, 1.54) is 0 Å². The average Bonchev–Trinajstić information content (AvgIpc) is 1.83. The van der Waals surface area contributed by atoms with Crippen LogP contribution in [0.15, 0.2) is 0 Å². The van der Waals surface area contributed by atoms with Crippen molar-refractivity contribution in [1.29, 1.82) is 0 Å². The molecular weight excluding hydrogens is 358 g/mol. The zero-order valence-electron chi connectivity index (χ0n) is 5.31. The number of halogens is 6. The molecule has 0 heterocycles. The van der Waals surface area contributed by atoms with Gasteiger partial charge in [0.2, 0.25) is 0 Å². The maximum Gasteiger partial charge on any atom is 0.444 e. The molecule has 0 aliphatic rings. The van der Waals surface area contributed by atoms with Crippen LogP contribution < -0.4 is 0 Å². The quantitative estimate of drug-likeness (QED) is 0.438. The molecule has 0 radical (unpaired) electrons. The van der Waals surface area contributed by atoms with Gasteiger partial charge in [-0.15, -0.1) is 3.74 Å². The molecule has 0 bridgehead atoms. The maximum absolute atomic E-state index is 12.1. The fraction of sp³-hybridized carbons (Fsp3) is 1.00. The van der Waals surface area contributed by atoms with Crippen molar-refractivity contribution in [3.63, 3.8) is 0 Å². The Hall–Kier alpha value is 0.610. The fourth-order valence-electron chi connectivity index (χ4n) is 0.188. The second-order valence-electron chi connectivity index (χ2n) is 1.57. The lowest BCUT2D eigenvalue weighted by molar-refractivity contribution is -0.261. The molecule has 0 aromatic rings. The van der Waals surface area contributed by atoms with Gasteiger partial charge in [0.15, 0.2) is 0 Å². The van der Waals surface area contributed by atoms with Crippen molar-refractivity contribution >= 4 is 44.9 Å². The van der Waals surface area contributed by atoms with E-state index in [0.717, 1.165) is 0 Å². The van der Waals surface area contributed by atoms with E-state index in [1.807, 2.05) is 0 Å². The SMILES string of the molecule is O=S(=O)(OCl)OC(F)(F)C(F)(F)I. The van der Waals surface area contributed by atoms with Crippen molar-refractivity contribution in [2.24, 2.45) is 0 Å². The Labute approximate surface area is 88.8 Å². The minimum absolute atomic E-state index is 0.00430. The third-order valence-electron chi connectivity index (χ3n) is 0.614. The molecule has 0 saturated carbocycles. The Morgan fingerprint density at radius 1 is 1.23 bits per heavy atom. The van der Waals surface area contributed by atoms with Crippen LogP contribution in [-0.4, -0.2) is 18.5 Å². The summed E-state index contributed by atoms with van der Waals surface area (Å²) < 4.78 is 69.0. The highest BCUT2D eigenvalue weighted by Crippen LogP contribution is 2.41. The van der Waals surface area contributed by atoms with Crippen molar-refractivity contribution in [1.82, 2.24) is 0 Å². The molecule has 0 aliphatic heterocycles. The maximum atomic E-state index is 12.1. The smallest absolute Gasteiger partial charge is 0.185 e. The minimum atomic E-state index is -5.33. The molecule has 13 heavy (non-hydrogen) atoms. The van der Waals surface area contributed by atoms with E-state index >= 15 is 0 Å². The van der Waals surface area contributed by atoms with Crippen molar-refractivity contribution in [3.05, 3.63) is 0 Å². The van der Waals surface area contributed by atoms with E-state index in [9.17, 15) is 26.0 Å². The highest BCUT2D eigenvalue weighted by atomic mass is 127. The van der Waals surface area contributed by atoms with Crippen LogP contribution in [0.4, 0.5) is 17.6 Å². The molecule has 0 atom stereocenters. The first-order valence-electron chi connectivity index (χ1n) is 2.22. The van der Waals surface area contributed by atoms with Crippen molar-refractivity contribution in [3.8, 4) is 0 Å². The van der Waals surface area contributed by atoms with Crippen LogP contribution in [0.5, 0.6) is 0 Å². The van der Waals surface area contributed by atoms with Crippen LogP contribution in [0.2, 0.25) is 0 Å². The van der Waals surface area contributed by atoms with Gasteiger partial charge in [-0.3, -0.25) is 0 Å². The third-order valence-corrected chi connectivity index (χ3v) is 2.27. The van der Waals surface area contributed by atoms with E-state index < -0.39 is 20.4 Å². The van der Waals surface area contributed by atoms with Crippen LogP contribution in [0.3, 0.4) is 0 Å². The van der Waals surface area contributed by atoms with Gasteiger partial charge in [0.25, 0.3) is 0 Å². The minimum Gasteiger partial charge on any atom is -0.185 e. The van der Waals surface area contributed by atoms with E-state index in [0.29, 0.717) is 0 Å². The van der Waals surface area contributed by atoms with Crippen LogP contribution in [0.1, 0.15) is 0 Å². The molecule has 0 spiro atoms. The molecule has 0 N–H and O–H groups in total. The van der Waals surface area contributed by atoms with Gasteiger partial charge in [-0.05, 0) is 0 Å². The lowest BCUT2D eigenvalue weighted by Gasteiger charge is -2.18. The molecule has 11 heteroatoms. The molecule has 0 fully saturated rings. The molecule has 80 valence electrons. The molecule has 4 nitrogen and oxygen atoms in total. The second kappa shape index (κ2) is 4.00. The predicted molar refractivity (Wildman–Crippen MR) is 40.9 cm³/mol. The normalized spacial score (nSPS) is 14.6. The highest BCUT2D eigenvalue weighted by molar-refractivity contribution is 14.1. The second-order valence-corrected chi connectivity index (χ2v) is 4.41. The van der Waals surface area contributed by atoms with Gasteiger partial charge in [0, 0.05) is 22.6 Å². The van der Waals surface area contributed by atoms with Crippen molar-refractivity contribution < 1.29 is 33.9 Å². The van der Waals surface area contributed by atoms with E-state index in [1.54, 1.807) is 0 Å². The summed E-state index contributed by atoms with van der Waals surface area (Å²) in [6, 6.07) is 0. The topological polar surface area (TPSA) is 52.6 Å². The van der Waals surface area contributed by atoms with Crippen molar-refractivity contribution in [2.45, 2.75) is 10.0 Å². The van der Waals surface area contributed by atoms with Crippen LogP contribution in [0, 0.1) is 0 Å². The Bertz CT molecular complexity index is 272. The van der Waals surface area contributed by atoms with Gasteiger partial charge >= 0.3 is 20.4 Å². The van der Waals surface area contributed by atoms with Gasteiger partial charge in [0.05, 0.1) is 11.9 Å². The summed E-state index contributed by atoms with van der Waals surface area (Å²) in [4.78, 5) is 0. The Kier molecular flexibility index (Phi) is 4.19. The monoisotopic (exact) mass is 358 g/mol. The number of hydrogen-bond acceptors (Lipinski definition) is 4. The fourth-order valence-corrected chi connectivity index (χ4v) is 0.912. The van der Waals surface area contributed by atoms with Crippen LogP contribution >= 0.6 is 34.5 Å². The summed E-state index contributed by atoms with van der Waals surface area (Å²) in [6.07, 6.45) is -5.22. The Morgan fingerprint density at radius 3 is 1.85 bits per heavy atom. The summed E-state index contributed by atoms with van der Waals surface area (Å²) in [5.74, 6) is 0. The largest absolute Gasteiger partial charge is 0.444 e. The van der Waals surface area contributed by atoms with E-state index in [-0.39, 0.29) is 22.6 Å². The number of rotatable bonds is 4. The first-order chi connectivity index (χ1) is 5.52. The molecule has 0 amide bonds. The highest BCUT2D eigenvalue weighted by Gasteiger charge is 2.59. The van der Waals surface area contributed by atoms with Gasteiger partial charge in [0.1, 0.15) is 0 Å². The summed E-state index contributed by atoms with van der Waals surface area (Å²) in [5.41, 5.74) is 0. The van der Waals surface area contributed by atoms with Gasteiger partial charge in [-0.1, -0.05) is 0 Å². The standard InChI is InChI=1S/C2ClF4IO4S/c3-12-13(9,10)11-2(6,7)1(4,5)8. The number of hydrogen-bond donors (Lipinski definition) is 0. The first kappa shape index (κ1) is 13.6. The third kappa shape index (κ3) is 4.10. The molecular formula is C2ClF4IO4S. The molecule has 0 unspecified atom stereocenters. The van der Waals surface area contributed by atoms with Crippen LogP contribution in [-0.2, 0) is 18.3 Å². The van der Waals surface area contributed by atoms with Gasteiger partial charge in [-0.2, -0.15) is 30.2 Å². The van der Waals surface area contributed by atoms with E-state index in [4.69, 9.17) is 0 Å². The Morgan fingerprint density at radius 2 is 1.62 bits per heavy atom. The van der Waals surface area contributed by atoms with E-state index in [2.05, 4.69) is 19.8 Å². The first-order valence-corrected chi connectivity index (χ1v) is 4.94. The Balaban J connectivity index is 4.72. The lowest BCUT2D eigenvalue weighted by Crippen LogP contribution is -2.39. The van der Waals surface area contributed by atoms with Crippen LogP contribution in [0.25, 0.3) is 0 Å². The van der Waals surface area contributed by atoms with Gasteiger partial charge < -0.3 is 0 Å². The predicted octanol–water partition coefficient (Wildman–Crippen LogP) is 2.04. The molecule has 0 aromatic carbocycles. The van der Waals surface area contributed by atoms with Crippen molar-refractivity contribution in [2.75, 3.05) is 0 Å². The molecule has 0 aliphatic carbocycles. The molecule has 0 rings (SSSR count). The zero-order valence-corrected chi connectivity index (χ0v) is 9.04. The summed E-state index contributed by atoms with van der Waals surface area (Å²) >= 11 is 4.16. The lowest BCUT2D eigenvalue weighted by atomic mass is 10.7. The molecule has 0 aromatic heterocycles. The zero-order chi connectivity index (χ0) is 10.9.